The summed E-state index contributed by atoms with van der Waals surface area (Å²) in [7, 11) is 0. The first kappa shape index (κ1) is 8.06. The smallest absolute Gasteiger partial charge is 0.410 e. The molecule has 58 valence electrons. The van der Waals surface area contributed by atoms with Crippen LogP contribution in [0.5, 0.6) is 0 Å². The van der Waals surface area contributed by atoms with Crippen molar-refractivity contribution in [2.24, 2.45) is 0 Å². The Morgan fingerprint density at radius 3 is 1.90 bits per heavy atom. The minimum Gasteiger partial charge on any atom is -0.410 e. The van der Waals surface area contributed by atoms with E-state index >= 15 is 0 Å². The molecule has 1 fully saturated rings. The van der Waals surface area contributed by atoms with E-state index in [0.29, 0.717) is 0 Å². The van der Waals surface area contributed by atoms with Crippen LogP contribution in [0.3, 0.4) is 0 Å². The number of halogens is 4. The Balaban J connectivity index is 2.88. The highest BCUT2D eigenvalue weighted by Crippen LogP contribution is 2.51. The number of hydrogen-bond donors (Lipinski definition) is 0. The molecule has 0 amide bonds. The Bertz CT molecular complexity index is 161. The van der Waals surface area contributed by atoms with Crippen LogP contribution < -0.4 is 0 Å². The van der Waals surface area contributed by atoms with E-state index in [9.17, 15) is 17.6 Å². The van der Waals surface area contributed by atoms with E-state index in [4.69, 9.17) is 0 Å². The monoisotopic (exact) mass is 192 g/mol. The van der Waals surface area contributed by atoms with Gasteiger partial charge in [-0.25, -0.2) is 0 Å². The number of hydrogen-bond acceptors (Lipinski definition) is 3. The summed E-state index contributed by atoms with van der Waals surface area (Å²) in [5, 5.41) is -4.22. The van der Waals surface area contributed by atoms with Gasteiger partial charge in [0.25, 0.3) is 0 Å². The average Bonchev–Trinajstić information content (AvgIpc) is 1.73. The highest BCUT2D eigenvalue weighted by Gasteiger charge is 2.66. The zero-order chi connectivity index (χ0) is 7.99. The molecule has 0 spiro atoms. The van der Waals surface area contributed by atoms with Crippen molar-refractivity contribution in [1.29, 1.82) is 0 Å². The van der Waals surface area contributed by atoms with Crippen LogP contribution in [0.25, 0.3) is 0 Å². The maximum Gasteiger partial charge on any atom is 0.476 e. The first-order chi connectivity index (χ1) is 4.35. The van der Waals surface area contributed by atoms with Crippen LogP contribution in [0.4, 0.5) is 17.6 Å². The summed E-state index contributed by atoms with van der Waals surface area (Å²) in [6, 6.07) is 0. The molecule has 0 saturated carbocycles. The quantitative estimate of drug-likeness (QED) is 0.430. The Morgan fingerprint density at radius 1 is 1.30 bits per heavy atom. The van der Waals surface area contributed by atoms with Crippen LogP contribution >= 0.6 is 24.0 Å². The van der Waals surface area contributed by atoms with E-state index in [0.717, 1.165) is 0 Å². The maximum absolute atomic E-state index is 12.0. The Hall–Kier alpha value is -0.0400. The van der Waals surface area contributed by atoms with E-state index < -0.39 is 27.5 Å². The van der Waals surface area contributed by atoms with Crippen molar-refractivity contribution in [3.8, 4) is 0 Å². The third kappa shape index (κ3) is 1.07. The largest absolute Gasteiger partial charge is 0.476 e. The molecule has 1 rings (SSSR count). The van der Waals surface area contributed by atoms with E-state index in [2.05, 4.69) is 17.0 Å². The molecule has 0 atom stereocenters. The summed E-state index contributed by atoms with van der Waals surface area (Å²) >= 11 is 3.55. The lowest BCUT2D eigenvalue weighted by molar-refractivity contribution is -0.266. The van der Waals surface area contributed by atoms with Gasteiger partial charge in [-0.2, -0.15) is 17.6 Å². The summed E-state index contributed by atoms with van der Waals surface area (Å²) in [6.45, 7) is 0. The second kappa shape index (κ2) is 1.97. The summed E-state index contributed by atoms with van der Waals surface area (Å²) in [5.74, 6) is 0. The molecule has 1 aliphatic heterocycles. The van der Waals surface area contributed by atoms with E-state index in [1.807, 2.05) is 0 Å². The standard InChI is InChI=1S/C3F4OS2/c4-2(5)3(6,7)10-1(9)8-2. The molecule has 0 aliphatic carbocycles. The fraction of sp³-hybridized carbons (Fsp3) is 0.667. The summed E-state index contributed by atoms with van der Waals surface area (Å²) in [6.07, 6.45) is -4.45. The molecule has 1 nitrogen and oxygen atoms in total. The van der Waals surface area contributed by atoms with Crippen molar-refractivity contribution in [1.82, 2.24) is 0 Å². The first-order valence-corrected chi connectivity index (χ1v) is 3.25. The highest BCUT2D eigenvalue weighted by atomic mass is 32.2. The van der Waals surface area contributed by atoms with Gasteiger partial charge in [-0.1, -0.05) is 0 Å². The lowest BCUT2D eigenvalue weighted by Gasteiger charge is -2.12. The minimum absolute atomic E-state index is 0.444. The third-order valence-electron chi connectivity index (χ3n) is 0.762. The zero-order valence-corrected chi connectivity index (χ0v) is 5.87. The fourth-order valence-corrected chi connectivity index (χ4v) is 1.28. The third-order valence-corrected chi connectivity index (χ3v) is 1.84. The van der Waals surface area contributed by atoms with Crippen molar-refractivity contribution in [2.45, 2.75) is 11.4 Å². The highest BCUT2D eigenvalue weighted by molar-refractivity contribution is 8.23. The van der Waals surface area contributed by atoms with Crippen molar-refractivity contribution in [3.05, 3.63) is 0 Å². The number of alkyl halides is 4. The summed E-state index contributed by atoms with van der Waals surface area (Å²) < 4.78 is 50.3. The number of ether oxygens (including phenoxy) is 1. The average molecular weight is 192 g/mol. The Labute approximate surface area is 62.7 Å². The minimum atomic E-state index is -4.45. The van der Waals surface area contributed by atoms with Crippen molar-refractivity contribution in [3.63, 3.8) is 0 Å². The molecule has 0 aromatic carbocycles. The van der Waals surface area contributed by atoms with E-state index in [1.165, 1.54) is 0 Å². The number of thioether (sulfide) groups is 1. The van der Waals surface area contributed by atoms with Crippen molar-refractivity contribution >= 4 is 28.4 Å². The zero-order valence-electron chi connectivity index (χ0n) is 4.24. The van der Waals surface area contributed by atoms with Crippen LogP contribution in [0.15, 0.2) is 0 Å². The van der Waals surface area contributed by atoms with Gasteiger partial charge in [0.15, 0.2) is 0 Å². The molecule has 1 heterocycles. The molecule has 1 aliphatic rings. The second-order valence-electron chi connectivity index (χ2n) is 1.49. The van der Waals surface area contributed by atoms with Gasteiger partial charge in [-0.15, -0.1) is 0 Å². The molecular weight excluding hydrogens is 192 g/mol. The van der Waals surface area contributed by atoms with Gasteiger partial charge in [0.2, 0.25) is 4.38 Å². The molecule has 0 aromatic rings. The van der Waals surface area contributed by atoms with Crippen molar-refractivity contribution < 1.29 is 22.3 Å². The van der Waals surface area contributed by atoms with Crippen LogP contribution in [-0.4, -0.2) is 15.7 Å². The van der Waals surface area contributed by atoms with Crippen LogP contribution in [0.2, 0.25) is 0 Å². The molecule has 10 heavy (non-hydrogen) atoms. The predicted molar refractivity (Wildman–Crippen MR) is 31.2 cm³/mol. The molecule has 0 radical (unpaired) electrons. The molecule has 0 N–H and O–H groups in total. The molecule has 7 heteroatoms. The Morgan fingerprint density at radius 2 is 1.80 bits per heavy atom. The summed E-state index contributed by atoms with van der Waals surface area (Å²) in [4.78, 5) is 0. The Kier molecular flexibility index (Phi) is 1.59. The SMILES string of the molecule is FC1(F)OC(=S)SC1(F)F. The summed E-state index contributed by atoms with van der Waals surface area (Å²) in [5.41, 5.74) is 0. The van der Waals surface area contributed by atoms with Crippen LogP contribution in [-0.2, 0) is 4.74 Å². The molecule has 0 unspecified atom stereocenters. The van der Waals surface area contributed by atoms with Crippen LogP contribution in [0, 0.1) is 0 Å². The lowest BCUT2D eigenvalue weighted by atomic mass is 10.6. The topological polar surface area (TPSA) is 9.23 Å². The van der Waals surface area contributed by atoms with Gasteiger partial charge >= 0.3 is 11.4 Å². The number of thiocarbonyl (C=S) groups is 1. The van der Waals surface area contributed by atoms with Gasteiger partial charge in [0.1, 0.15) is 0 Å². The van der Waals surface area contributed by atoms with Gasteiger partial charge in [-0.3, -0.25) is 0 Å². The second-order valence-corrected chi connectivity index (χ2v) is 3.20. The molecule has 1 saturated heterocycles. The molecule has 0 aromatic heterocycles. The predicted octanol–water partition coefficient (Wildman–Crippen LogP) is 2.22. The van der Waals surface area contributed by atoms with E-state index in [-0.39, 0.29) is 0 Å². The van der Waals surface area contributed by atoms with Gasteiger partial charge in [0, 0.05) is 11.8 Å². The lowest BCUT2D eigenvalue weighted by Crippen LogP contribution is -2.33. The van der Waals surface area contributed by atoms with Crippen molar-refractivity contribution in [2.75, 3.05) is 0 Å². The number of rotatable bonds is 0. The first-order valence-electron chi connectivity index (χ1n) is 2.03. The molecule has 0 bridgehead atoms. The normalized spacial score (nSPS) is 28.2. The molecular formula is C3F4OS2. The van der Waals surface area contributed by atoms with Gasteiger partial charge in [-0.05, 0) is 12.2 Å². The van der Waals surface area contributed by atoms with Gasteiger partial charge in [0.05, 0.1) is 0 Å². The van der Waals surface area contributed by atoms with E-state index in [1.54, 1.807) is 0 Å². The van der Waals surface area contributed by atoms with Gasteiger partial charge < -0.3 is 4.74 Å². The maximum atomic E-state index is 12.0. The van der Waals surface area contributed by atoms with Crippen LogP contribution in [0.1, 0.15) is 0 Å². The fourth-order valence-electron chi connectivity index (χ4n) is 0.349.